The van der Waals surface area contributed by atoms with Gasteiger partial charge < -0.3 is 15.4 Å². The first-order valence-electron chi connectivity index (χ1n) is 9.57. The Bertz CT molecular complexity index is 834. The van der Waals surface area contributed by atoms with Crippen molar-refractivity contribution in [3.63, 3.8) is 0 Å². The number of piperidine rings is 1. The Morgan fingerprint density at radius 2 is 1.83 bits per heavy atom. The van der Waals surface area contributed by atoms with Crippen LogP contribution in [0.4, 0.5) is 11.5 Å². The fourth-order valence-electron chi connectivity index (χ4n) is 3.31. The molecule has 154 valence electrons. The number of hydrogen-bond acceptors (Lipinski definition) is 5. The maximum Gasteiger partial charge on any atom is 0.241 e. The number of halogens is 1. The van der Waals surface area contributed by atoms with Crippen LogP contribution in [0.25, 0.3) is 0 Å². The zero-order chi connectivity index (χ0) is 20.8. The molecule has 2 N–H and O–H groups in total. The third kappa shape index (κ3) is 5.68. The van der Waals surface area contributed by atoms with Gasteiger partial charge in [0.1, 0.15) is 11.6 Å². The molecule has 2 aromatic rings. The highest BCUT2D eigenvalue weighted by Gasteiger charge is 2.30. The first kappa shape index (κ1) is 21.1. The Morgan fingerprint density at radius 1 is 1.14 bits per heavy atom. The minimum absolute atomic E-state index is 0.0465. The first-order valence-corrected chi connectivity index (χ1v) is 9.95. The number of hydrogen-bond donors (Lipinski definition) is 2. The second-order valence-electron chi connectivity index (χ2n) is 7.05. The monoisotopic (exact) mass is 416 g/mol. The minimum atomic E-state index is -0.279. The molecule has 0 saturated carbocycles. The van der Waals surface area contributed by atoms with E-state index in [1.807, 2.05) is 19.1 Å². The number of nitrogens with zero attached hydrogens (tertiary/aromatic N) is 2. The van der Waals surface area contributed by atoms with Gasteiger partial charge in [-0.2, -0.15) is 0 Å². The van der Waals surface area contributed by atoms with Gasteiger partial charge in [-0.1, -0.05) is 11.6 Å². The summed E-state index contributed by atoms with van der Waals surface area (Å²) in [4.78, 5) is 31.2. The summed E-state index contributed by atoms with van der Waals surface area (Å²) in [5, 5.41) is 6.28. The van der Waals surface area contributed by atoms with E-state index in [-0.39, 0.29) is 23.8 Å². The molecule has 2 amide bonds. The van der Waals surface area contributed by atoms with Crippen LogP contribution in [0.2, 0.25) is 5.02 Å². The highest BCUT2D eigenvalue weighted by atomic mass is 35.5. The Hall–Kier alpha value is -2.64. The van der Waals surface area contributed by atoms with E-state index in [0.29, 0.717) is 36.8 Å². The average Bonchev–Trinajstić information content (AvgIpc) is 2.75. The van der Waals surface area contributed by atoms with E-state index < -0.39 is 0 Å². The smallest absolute Gasteiger partial charge is 0.241 e. The summed E-state index contributed by atoms with van der Waals surface area (Å²) in [6.07, 6.45) is 2.89. The van der Waals surface area contributed by atoms with E-state index in [1.165, 1.54) is 6.20 Å². The molecule has 7 nitrogen and oxygen atoms in total. The molecule has 0 spiro atoms. The molecule has 1 aromatic heterocycles. The summed E-state index contributed by atoms with van der Waals surface area (Å²) < 4.78 is 5.13. The fraction of sp³-hybridized carbons (Fsp3) is 0.381. The van der Waals surface area contributed by atoms with Crippen LogP contribution in [-0.4, -0.2) is 47.9 Å². The van der Waals surface area contributed by atoms with Crippen LogP contribution < -0.4 is 15.4 Å². The number of amides is 2. The van der Waals surface area contributed by atoms with E-state index in [2.05, 4.69) is 20.5 Å². The van der Waals surface area contributed by atoms with Gasteiger partial charge in [-0.05, 0) is 69.3 Å². The van der Waals surface area contributed by atoms with Crippen LogP contribution in [0, 0.1) is 5.92 Å². The van der Waals surface area contributed by atoms with Crippen molar-refractivity contribution in [3.05, 3.63) is 47.6 Å². The zero-order valence-electron chi connectivity index (χ0n) is 16.5. The standard InChI is InChI=1S/C21H25ClN4O3/c1-14(20(27)24-17-4-6-18(29-2)7-5-17)26-11-9-15(10-12-26)21(28)25-19-8-3-16(22)13-23-19/h3-8,13-15H,9-12H2,1-2H3,(H,24,27)(H,23,25,28). The molecular formula is C21H25ClN4O3. The SMILES string of the molecule is COc1ccc(NC(=O)C(C)N2CCC(C(=O)Nc3ccc(Cl)cn3)CC2)cc1. The number of benzene rings is 1. The topological polar surface area (TPSA) is 83.6 Å². The van der Waals surface area contributed by atoms with Crippen LogP contribution in [0.5, 0.6) is 5.75 Å². The largest absolute Gasteiger partial charge is 0.497 e. The molecule has 1 atom stereocenters. The predicted molar refractivity (Wildman–Crippen MR) is 113 cm³/mol. The van der Waals surface area contributed by atoms with Crippen molar-refractivity contribution in [2.24, 2.45) is 5.92 Å². The molecule has 0 bridgehead atoms. The third-order valence-electron chi connectivity index (χ3n) is 5.16. The van der Waals surface area contributed by atoms with E-state index in [9.17, 15) is 9.59 Å². The maximum absolute atomic E-state index is 12.6. The lowest BCUT2D eigenvalue weighted by Crippen LogP contribution is -2.47. The van der Waals surface area contributed by atoms with Gasteiger partial charge in [-0.25, -0.2) is 4.98 Å². The summed E-state index contributed by atoms with van der Waals surface area (Å²) in [7, 11) is 1.60. The van der Waals surface area contributed by atoms with Gasteiger partial charge in [0.2, 0.25) is 11.8 Å². The van der Waals surface area contributed by atoms with Crippen LogP contribution in [-0.2, 0) is 9.59 Å². The number of nitrogens with one attached hydrogen (secondary N) is 2. The molecule has 1 aliphatic heterocycles. The lowest BCUT2D eigenvalue weighted by atomic mass is 9.95. The third-order valence-corrected chi connectivity index (χ3v) is 5.39. The molecule has 1 aromatic carbocycles. The molecule has 8 heteroatoms. The maximum atomic E-state index is 12.6. The molecule has 2 heterocycles. The van der Waals surface area contributed by atoms with Crippen molar-refractivity contribution >= 4 is 34.9 Å². The molecule has 1 unspecified atom stereocenters. The molecule has 1 aliphatic rings. The number of methoxy groups -OCH3 is 1. The normalized spacial score (nSPS) is 16.1. The van der Waals surface area contributed by atoms with E-state index in [0.717, 1.165) is 11.4 Å². The number of rotatable bonds is 6. The highest BCUT2D eigenvalue weighted by Crippen LogP contribution is 2.22. The van der Waals surface area contributed by atoms with Gasteiger partial charge in [0.25, 0.3) is 0 Å². The van der Waals surface area contributed by atoms with Crippen LogP contribution in [0.3, 0.4) is 0 Å². The van der Waals surface area contributed by atoms with Gasteiger partial charge in [0.15, 0.2) is 0 Å². The molecular weight excluding hydrogens is 392 g/mol. The van der Waals surface area contributed by atoms with Gasteiger partial charge in [-0.15, -0.1) is 0 Å². The molecule has 3 rings (SSSR count). The molecule has 0 radical (unpaired) electrons. The quantitative estimate of drug-likeness (QED) is 0.753. The van der Waals surface area contributed by atoms with Gasteiger partial charge in [-0.3, -0.25) is 14.5 Å². The second kappa shape index (κ2) is 9.71. The zero-order valence-corrected chi connectivity index (χ0v) is 17.3. The lowest BCUT2D eigenvalue weighted by molar-refractivity contribution is -0.123. The Labute approximate surface area is 175 Å². The summed E-state index contributed by atoms with van der Waals surface area (Å²) in [6.45, 7) is 3.25. The molecule has 29 heavy (non-hydrogen) atoms. The first-order chi connectivity index (χ1) is 14.0. The number of likely N-dealkylation sites (tertiary alicyclic amines) is 1. The number of anilines is 2. The predicted octanol–water partition coefficient (Wildman–Crippen LogP) is 3.42. The van der Waals surface area contributed by atoms with Crippen molar-refractivity contribution in [3.8, 4) is 5.75 Å². The number of carbonyl (C=O) groups excluding carboxylic acids is 2. The number of aromatic nitrogens is 1. The van der Waals surface area contributed by atoms with Gasteiger partial charge in [0.05, 0.1) is 18.2 Å². The van der Waals surface area contributed by atoms with Crippen LogP contribution in [0.15, 0.2) is 42.6 Å². The van der Waals surface area contributed by atoms with Gasteiger partial charge in [0, 0.05) is 17.8 Å². The van der Waals surface area contributed by atoms with Gasteiger partial charge >= 0.3 is 0 Å². The number of pyridine rings is 1. The molecule has 1 fully saturated rings. The lowest BCUT2D eigenvalue weighted by Gasteiger charge is -2.34. The fourth-order valence-corrected chi connectivity index (χ4v) is 3.43. The Kier molecular flexibility index (Phi) is 7.06. The summed E-state index contributed by atoms with van der Waals surface area (Å²) in [6, 6.07) is 10.3. The van der Waals surface area contributed by atoms with Crippen molar-refractivity contribution in [1.82, 2.24) is 9.88 Å². The molecule has 1 saturated heterocycles. The highest BCUT2D eigenvalue weighted by molar-refractivity contribution is 6.30. The van der Waals surface area contributed by atoms with Crippen molar-refractivity contribution in [2.75, 3.05) is 30.8 Å². The molecule has 0 aliphatic carbocycles. The van der Waals surface area contributed by atoms with E-state index in [4.69, 9.17) is 16.3 Å². The van der Waals surface area contributed by atoms with Crippen LogP contribution >= 0.6 is 11.6 Å². The Morgan fingerprint density at radius 3 is 2.41 bits per heavy atom. The van der Waals surface area contributed by atoms with E-state index in [1.54, 1.807) is 31.4 Å². The number of ether oxygens (including phenoxy) is 1. The van der Waals surface area contributed by atoms with E-state index >= 15 is 0 Å². The van der Waals surface area contributed by atoms with Crippen molar-refractivity contribution in [2.45, 2.75) is 25.8 Å². The summed E-state index contributed by atoms with van der Waals surface area (Å²) in [5.41, 5.74) is 0.729. The summed E-state index contributed by atoms with van der Waals surface area (Å²) in [5.74, 6) is 1.03. The number of carbonyl (C=O) groups is 2. The van der Waals surface area contributed by atoms with Crippen LogP contribution in [0.1, 0.15) is 19.8 Å². The van der Waals surface area contributed by atoms with Crippen molar-refractivity contribution < 1.29 is 14.3 Å². The average molecular weight is 417 g/mol. The Balaban J connectivity index is 1.47. The summed E-state index contributed by atoms with van der Waals surface area (Å²) >= 11 is 5.81. The minimum Gasteiger partial charge on any atom is -0.497 e. The second-order valence-corrected chi connectivity index (χ2v) is 7.49. The van der Waals surface area contributed by atoms with Crippen molar-refractivity contribution in [1.29, 1.82) is 0 Å².